The summed E-state index contributed by atoms with van der Waals surface area (Å²) >= 11 is 1.51. The molecule has 4 aromatic heterocycles. The first-order chi connectivity index (χ1) is 15.3. The second-order valence-electron chi connectivity index (χ2n) is 7.02. The van der Waals surface area contributed by atoms with Crippen molar-refractivity contribution in [1.82, 2.24) is 29.9 Å². The van der Waals surface area contributed by atoms with Gasteiger partial charge in [0, 0.05) is 23.5 Å². The molecule has 2 N–H and O–H groups in total. The predicted octanol–water partition coefficient (Wildman–Crippen LogP) is 5.71. The molecule has 148 valence electrons. The summed E-state index contributed by atoms with van der Waals surface area (Å²) in [7, 11) is 0. The molecule has 2 aromatic carbocycles. The molecular weight excluding hydrogens is 404 g/mol. The van der Waals surface area contributed by atoms with Crippen LogP contribution in [-0.2, 0) is 0 Å². The molecule has 4 heterocycles. The summed E-state index contributed by atoms with van der Waals surface area (Å²) < 4.78 is 0. The molecule has 6 rings (SSSR count). The quantitative estimate of drug-likeness (QED) is 0.381. The number of aromatic nitrogens is 6. The Kier molecular flexibility index (Phi) is 4.25. The number of H-pyrrole nitrogens is 2. The Balaban J connectivity index is 1.43. The van der Waals surface area contributed by atoms with Crippen LogP contribution in [0.15, 0.2) is 95.2 Å². The predicted molar refractivity (Wildman–Crippen MR) is 123 cm³/mol. The zero-order valence-corrected chi connectivity index (χ0v) is 17.1. The summed E-state index contributed by atoms with van der Waals surface area (Å²) in [6, 6.07) is 23.9. The number of rotatable bonds is 4. The number of pyridine rings is 2. The Labute approximate surface area is 181 Å². The van der Waals surface area contributed by atoms with Crippen LogP contribution in [0.2, 0.25) is 0 Å². The fraction of sp³-hybridized carbons (Fsp3) is 0. The smallest absolute Gasteiger partial charge is 0.141 e. The summed E-state index contributed by atoms with van der Waals surface area (Å²) in [4.78, 5) is 25.6. The fourth-order valence-corrected chi connectivity index (χ4v) is 4.52. The van der Waals surface area contributed by atoms with Gasteiger partial charge < -0.3 is 9.97 Å². The van der Waals surface area contributed by atoms with Gasteiger partial charge in [0.2, 0.25) is 0 Å². The maximum atomic E-state index is 4.75. The lowest BCUT2D eigenvalue weighted by Gasteiger charge is -2.08. The zero-order valence-electron chi connectivity index (χ0n) is 16.3. The minimum absolute atomic E-state index is 0.790. The van der Waals surface area contributed by atoms with Crippen molar-refractivity contribution < 1.29 is 0 Å². The summed E-state index contributed by atoms with van der Waals surface area (Å²) in [6.45, 7) is 0. The standard InChI is InChI=1S/C24H16N6S/c1-2-10-18-17(9-1)27-21(28-18)15-7-5-13-25-23(15)31-24-16(8-6-14-26-24)22-29-19-11-3-4-12-20(19)30-22/h1-14H,(H,27,28)(H,29,30). The number of nitrogens with zero attached hydrogens (tertiary/aromatic N) is 4. The fourth-order valence-electron chi connectivity index (χ4n) is 3.56. The molecule has 0 saturated carbocycles. The van der Waals surface area contributed by atoms with Crippen molar-refractivity contribution in [2.24, 2.45) is 0 Å². The van der Waals surface area contributed by atoms with E-state index in [4.69, 9.17) is 9.97 Å². The van der Waals surface area contributed by atoms with Crippen LogP contribution in [-0.4, -0.2) is 29.9 Å². The number of para-hydroxylation sites is 4. The molecule has 31 heavy (non-hydrogen) atoms. The molecule has 7 heteroatoms. The topological polar surface area (TPSA) is 83.1 Å². The molecule has 0 bridgehead atoms. The van der Waals surface area contributed by atoms with Crippen molar-refractivity contribution in [3.05, 3.63) is 85.2 Å². The van der Waals surface area contributed by atoms with Crippen LogP contribution >= 0.6 is 11.8 Å². The van der Waals surface area contributed by atoms with Gasteiger partial charge in [0.25, 0.3) is 0 Å². The van der Waals surface area contributed by atoms with Crippen LogP contribution < -0.4 is 0 Å². The summed E-state index contributed by atoms with van der Waals surface area (Å²) in [6.07, 6.45) is 3.58. The molecule has 0 aliphatic heterocycles. The molecule has 0 atom stereocenters. The number of hydrogen-bond acceptors (Lipinski definition) is 5. The van der Waals surface area contributed by atoms with Crippen molar-refractivity contribution in [1.29, 1.82) is 0 Å². The van der Waals surface area contributed by atoms with Crippen LogP contribution in [0.5, 0.6) is 0 Å². The highest BCUT2D eigenvalue weighted by Crippen LogP contribution is 2.37. The van der Waals surface area contributed by atoms with E-state index in [9.17, 15) is 0 Å². The lowest BCUT2D eigenvalue weighted by atomic mass is 10.3. The Morgan fingerprint density at radius 2 is 1.03 bits per heavy atom. The molecule has 0 aliphatic rings. The van der Waals surface area contributed by atoms with Gasteiger partial charge in [-0.2, -0.15) is 0 Å². The van der Waals surface area contributed by atoms with E-state index in [2.05, 4.69) is 19.9 Å². The van der Waals surface area contributed by atoms with Gasteiger partial charge in [0.1, 0.15) is 21.7 Å². The normalized spacial score (nSPS) is 11.4. The molecule has 0 unspecified atom stereocenters. The van der Waals surface area contributed by atoms with E-state index in [1.807, 2.05) is 72.8 Å². The van der Waals surface area contributed by atoms with Crippen LogP contribution in [0.1, 0.15) is 0 Å². The maximum Gasteiger partial charge on any atom is 0.141 e. The summed E-state index contributed by atoms with van der Waals surface area (Å²) in [5, 5.41) is 1.66. The van der Waals surface area contributed by atoms with E-state index in [0.717, 1.165) is 54.9 Å². The lowest BCUT2D eigenvalue weighted by molar-refractivity contribution is 1.08. The van der Waals surface area contributed by atoms with Gasteiger partial charge in [-0.3, -0.25) is 0 Å². The highest BCUT2D eigenvalue weighted by Gasteiger charge is 2.16. The van der Waals surface area contributed by atoms with Crippen LogP contribution in [0.3, 0.4) is 0 Å². The van der Waals surface area contributed by atoms with Crippen LogP contribution in [0.4, 0.5) is 0 Å². The van der Waals surface area contributed by atoms with Gasteiger partial charge in [-0.05, 0) is 60.3 Å². The third-order valence-corrected chi connectivity index (χ3v) is 6.06. The largest absolute Gasteiger partial charge is 0.338 e. The van der Waals surface area contributed by atoms with Gasteiger partial charge in [0.05, 0.1) is 22.1 Å². The maximum absolute atomic E-state index is 4.75. The van der Waals surface area contributed by atoms with Crippen LogP contribution in [0.25, 0.3) is 44.8 Å². The number of benzene rings is 2. The monoisotopic (exact) mass is 420 g/mol. The van der Waals surface area contributed by atoms with Gasteiger partial charge in [-0.15, -0.1) is 0 Å². The number of nitrogens with one attached hydrogen (secondary N) is 2. The van der Waals surface area contributed by atoms with Gasteiger partial charge in [-0.25, -0.2) is 19.9 Å². The molecule has 6 aromatic rings. The molecule has 0 amide bonds. The van der Waals surface area contributed by atoms with E-state index in [-0.39, 0.29) is 0 Å². The second-order valence-corrected chi connectivity index (χ2v) is 8.00. The lowest BCUT2D eigenvalue weighted by Crippen LogP contribution is -1.92. The van der Waals surface area contributed by atoms with Crippen molar-refractivity contribution in [2.75, 3.05) is 0 Å². The van der Waals surface area contributed by atoms with E-state index in [1.54, 1.807) is 12.4 Å². The number of aromatic amines is 2. The Morgan fingerprint density at radius 3 is 1.52 bits per heavy atom. The molecule has 6 nitrogen and oxygen atoms in total. The zero-order chi connectivity index (χ0) is 20.6. The molecular formula is C24H16N6S. The Bertz CT molecular complexity index is 1350. The van der Waals surface area contributed by atoms with E-state index in [0.29, 0.717) is 0 Å². The molecule has 0 saturated heterocycles. The molecule has 0 aliphatic carbocycles. The average molecular weight is 421 g/mol. The summed E-state index contributed by atoms with van der Waals surface area (Å²) in [5.41, 5.74) is 5.72. The highest BCUT2D eigenvalue weighted by atomic mass is 32.2. The summed E-state index contributed by atoms with van der Waals surface area (Å²) in [5.74, 6) is 1.58. The van der Waals surface area contributed by atoms with Gasteiger partial charge in [0.15, 0.2) is 0 Å². The van der Waals surface area contributed by atoms with E-state index >= 15 is 0 Å². The minimum Gasteiger partial charge on any atom is -0.338 e. The van der Waals surface area contributed by atoms with E-state index < -0.39 is 0 Å². The average Bonchev–Trinajstić information content (AvgIpc) is 3.44. The minimum atomic E-state index is 0.790. The third kappa shape index (κ3) is 3.25. The number of imidazole rings is 2. The molecule has 0 spiro atoms. The Hall–Kier alpha value is -3.97. The van der Waals surface area contributed by atoms with E-state index in [1.165, 1.54) is 11.8 Å². The van der Waals surface area contributed by atoms with Crippen molar-refractivity contribution in [2.45, 2.75) is 10.1 Å². The SMILES string of the molecule is c1cnc(Sc2ncccc2-c2nc3ccccc3[nH]2)c(-c2nc3ccccc3[nH]2)c1. The molecule has 0 radical (unpaired) electrons. The molecule has 0 fully saturated rings. The van der Waals surface area contributed by atoms with Crippen molar-refractivity contribution in [3.8, 4) is 22.8 Å². The van der Waals surface area contributed by atoms with Gasteiger partial charge >= 0.3 is 0 Å². The Morgan fingerprint density at radius 1 is 0.548 bits per heavy atom. The first-order valence-electron chi connectivity index (χ1n) is 9.83. The van der Waals surface area contributed by atoms with Crippen LogP contribution in [0, 0.1) is 0 Å². The highest BCUT2D eigenvalue weighted by molar-refractivity contribution is 7.99. The third-order valence-electron chi connectivity index (χ3n) is 5.02. The van der Waals surface area contributed by atoms with Crippen molar-refractivity contribution >= 4 is 33.8 Å². The second kappa shape index (κ2) is 7.37. The first-order valence-corrected chi connectivity index (χ1v) is 10.6. The number of fused-ring (bicyclic) bond motifs is 2. The van der Waals surface area contributed by atoms with Crippen molar-refractivity contribution in [3.63, 3.8) is 0 Å². The van der Waals surface area contributed by atoms with Gasteiger partial charge in [-0.1, -0.05) is 24.3 Å². The first kappa shape index (κ1) is 17.9. The number of hydrogen-bond donors (Lipinski definition) is 2.